The Kier molecular flexibility index (Phi) is 11.4. The minimum atomic E-state index is -0.814. The molecule has 0 atom stereocenters. The van der Waals surface area contributed by atoms with Crippen LogP contribution in [-0.4, -0.2) is 22.2 Å². The standard InChI is InChI=1S/C15H22O4/c16-14(17)12-10-8-6-4-2-1-3-5-7-9-11-13-15(18)19/h2-5,8,10H,1,6-7,9,11-13H2,(H,16,17)(H,18,19)/b4-2-,5-3-,10-8-. The molecule has 19 heavy (non-hydrogen) atoms. The average Bonchev–Trinajstić information content (AvgIpc) is 2.34. The molecule has 0 saturated carbocycles. The van der Waals surface area contributed by atoms with E-state index in [0.29, 0.717) is 0 Å². The van der Waals surface area contributed by atoms with Gasteiger partial charge in [0.05, 0.1) is 6.42 Å². The van der Waals surface area contributed by atoms with E-state index in [2.05, 4.69) is 12.2 Å². The van der Waals surface area contributed by atoms with Crippen LogP contribution in [0.1, 0.15) is 44.9 Å². The summed E-state index contributed by atoms with van der Waals surface area (Å²) in [6.07, 6.45) is 16.1. The Hall–Kier alpha value is -1.84. The lowest BCUT2D eigenvalue weighted by Gasteiger charge is -1.92. The van der Waals surface area contributed by atoms with Gasteiger partial charge in [-0.05, 0) is 32.1 Å². The maximum absolute atomic E-state index is 10.3. The molecule has 0 aromatic carbocycles. The van der Waals surface area contributed by atoms with E-state index < -0.39 is 11.9 Å². The molecule has 0 aliphatic heterocycles. The molecule has 0 rings (SSSR count). The molecule has 4 heteroatoms. The fourth-order valence-electron chi connectivity index (χ4n) is 1.38. The van der Waals surface area contributed by atoms with Crippen LogP contribution in [0.3, 0.4) is 0 Å². The molecule has 0 radical (unpaired) electrons. The third-order valence-corrected chi connectivity index (χ3v) is 2.35. The van der Waals surface area contributed by atoms with Gasteiger partial charge >= 0.3 is 11.9 Å². The Bertz CT molecular complexity index is 340. The zero-order valence-corrected chi connectivity index (χ0v) is 11.1. The first-order valence-corrected chi connectivity index (χ1v) is 6.51. The largest absolute Gasteiger partial charge is 0.481 e. The zero-order valence-electron chi connectivity index (χ0n) is 11.1. The van der Waals surface area contributed by atoms with Crippen molar-refractivity contribution in [3.05, 3.63) is 36.5 Å². The summed E-state index contributed by atoms with van der Waals surface area (Å²) < 4.78 is 0. The van der Waals surface area contributed by atoms with Crippen LogP contribution in [0.5, 0.6) is 0 Å². The number of allylic oxidation sites excluding steroid dienone is 5. The van der Waals surface area contributed by atoms with Crippen LogP contribution in [0.25, 0.3) is 0 Å². The molecule has 0 unspecified atom stereocenters. The first kappa shape index (κ1) is 17.2. The SMILES string of the molecule is O=C(O)C/C=C\C/C=C\C/C=C\CCCCC(=O)O. The predicted octanol–water partition coefficient (Wildman–Crippen LogP) is 3.55. The van der Waals surface area contributed by atoms with E-state index in [1.165, 1.54) is 0 Å². The van der Waals surface area contributed by atoms with E-state index >= 15 is 0 Å². The van der Waals surface area contributed by atoms with Gasteiger partial charge in [0, 0.05) is 6.42 Å². The van der Waals surface area contributed by atoms with Crippen molar-refractivity contribution in [2.75, 3.05) is 0 Å². The highest BCUT2D eigenvalue weighted by Gasteiger charge is 1.93. The summed E-state index contributed by atoms with van der Waals surface area (Å²) in [5, 5.41) is 16.8. The van der Waals surface area contributed by atoms with Gasteiger partial charge in [0.2, 0.25) is 0 Å². The van der Waals surface area contributed by atoms with Crippen LogP contribution < -0.4 is 0 Å². The summed E-state index contributed by atoms with van der Waals surface area (Å²) in [6, 6.07) is 0. The smallest absolute Gasteiger partial charge is 0.307 e. The number of hydrogen-bond donors (Lipinski definition) is 2. The summed E-state index contributed by atoms with van der Waals surface area (Å²) in [6.45, 7) is 0. The van der Waals surface area contributed by atoms with Gasteiger partial charge in [0.25, 0.3) is 0 Å². The summed E-state index contributed by atoms with van der Waals surface area (Å²) in [4.78, 5) is 20.5. The minimum Gasteiger partial charge on any atom is -0.481 e. The van der Waals surface area contributed by atoms with Gasteiger partial charge < -0.3 is 10.2 Å². The second kappa shape index (κ2) is 12.6. The van der Waals surface area contributed by atoms with Crippen LogP contribution in [0.4, 0.5) is 0 Å². The number of unbranched alkanes of at least 4 members (excludes halogenated alkanes) is 2. The highest BCUT2D eigenvalue weighted by Crippen LogP contribution is 2.01. The number of aliphatic carboxylic acids is 2. The van der Waals surface area contributed by atoms with Crippen molar-refractivity contribution in [3.8, 4) is 0 Å². The van der Waals surface area contributed by atoms with Crippen molar-refractivity contribution in [2.24, 2.45) is 0 Å². The van der Waals surface area contributed by atoms with Gasteiger partial charge in [-0.3, -0.25) is 9.59 Å². The zero-order chi connectivity index (χ0) is 14.3. The van der Waals surface area contributed by atoms with E-state index in [9.17, 15) is 9.59 Å². The van der Waals surface area contributed by atoms with Crippen LogP contribution in [0.15, 0.2) is 36.5 Å². The molecule has 0 aromatic rings. The van der Waals surface area contributed by atoms with Crippen LogP contribution in [-0.2, 0) is 9.59 Å². The molecule has 4 nitrogen and oxygen atoms in total. The normalized spacial score (nSPS) is 11.8. The number of carboxylic acid groups (broad SMARTS) is 2. The molecule has 0 spiro atoms. The molecule has 0 saturated heterocycles. The van der Waals surface area contributed by atoms with Crippen molar-refractivity contribution in [2.45, 2.75) is 44.9 Å². The molecule has 0 aliphatic carbocycles. The van der Waals surface area contributed by atoms with E-state index in [-0.39, 0.29) is 12.8 Å². The molecule has 0 aliphatic rings. The molecular formula is C15H22O4. The third-order valence-electron chi connectivity index (χ3n) is 2.35. The number of rotatable bonds is 11. The van der Waals surface area contributed by atoms with Gasteiger partial charge in [-0.1, -0.05) is 36.5 Å². The molecule has 2 N–H and O–H groups in total. The predicted molar refractivity (Wildman–Crippen MR) is 75.0 cm³/mol. The highest BCUT2D eigenvalue weighted by molar-refractivity contribution is 5.68. The monoisotopic (exact) mass is 266 g/mol. The lowest BCUT2D eigenvalue weighted by atomic mass is 10.2. The quantitative estimate of drug-likeness (QED) is 0.443. The van der Waals surface area contributed by atoms with Crippen molar-refractivity contribution in [1.82, 2.24) is 0 Å². The fourth-order valence-corrected chi connectivity index (χ4v) is 1.38. The lowest BCUT2D eigenvalue weighted by Crippen LogP contribution is -1.92. The Labute approximate surface area is 114 Å². The molecule has 0 fully saturated rings. The number of carboxylic acids is 2. The summed E-state index contributed by atoms with van der Waals surface area (Å²) in [5.41, 5.74) is 0. The van der Waals surface area contributed by atoms with Crippen LogP contribution in [0, 0.1) is 0 Å². The van der Waals surface area contributed by atoms with Crippen molar-refractivity contribution in [1.29, 1.82) is 0 Å². The molecule has 106 valence electrons. The molecule has 0 aromatic heterocycles. The van der Waals surface area contributed by atoms with Gasteiger partial charge in [0.15, 0.2) is 0 Å². The van der Waals surface area contributed by atoms with E-state index in [4.69, 9.17) is 10.2 Å². The fraction of sp³-hybridized carbons (Fsp3) is 0.467. The topological polar surface area (TPSA) is 74.6 Å². The second-order valence-corrected chi connectivity index (χ2v) is 4.12. The Balaban J connectivity index is 3.39. The summed E-state index contributed by atoms with van der Waals surface area (Å²) >= 11 is 0. The van der Waals surface area contributed by atoms with Crippen LogP contribution >= 0.6 is 0 Å². The van der Waals surface area contributed by atoms with Crippen molar-refractivity contribution < 1.29 is 19.8 Å². The first-order chi connectivity index (χ1) is 9.13. The van der Waals surface area contributed by atoms with Gasteiger partial charge in [-0.25, -0.2) is 0 Å². The molecule has 0 amide bonds. The minimum absolute atomic E-state index is 0.0735. The highest BCUT2D eigenvalue weighted by atomic mass is 16.4. The Morgan fingerprint density at radius 2 is 1.32 bits per heavy atom. The average molecular weight is 266 g/mol. The van der Waals surface area contributed by atoms with E-state index in [1.807, 2.05) is 18.2 Å². The number of carbonyl (C=O) groups is 2. The molecule has 0 bridgehead atoms. The second-order valence-electron chi connectivity index (χ2n) is 4.12. The van der Waals surface area contributed by atoms with Crippen molar-refractivity contribution in [3.63, 3.8) is 0 Å². The van der Waals surface area contributed by atoms with E-state index in [1.54, 1.807) is 6.08 Å². The molecule has 0 heterocycles. The van der Waals surface area contributed by atoms with Gasteiger partial charge in [-0.15, -0.1) is 0 Å². The molecular weight excluding hydrogens is 244 g/mol. The first-order valence-electron chi connectivity index (χ1n) is 6.51. The summed E-state index contributed by atoms with van der Waals surface area (Å²) in [5.74, 6) is -1.55. The van der Waals surface area contributed by atoms with Crippen molar-refractivity contribution >= 4 is 11.9 Å². The van der Waals surface area contributed by atoms with Gasteiger partial charge in [0.1, 0.15) is 0 Å². The van der Waals surface area contributed by atoms with Gasteiger partial charge in [-0.2, -0.15) is 0 Å². The Morgan fingerprint density at radius 1 is 0.737 bits per heavy atom. The maximum atomic E-state index is 10.3. The maximum Gasteiger partial charge on any atom is 0.307 e. The third kappa shape index (κ3) is 16.2. The van der Waals surface area contributed by atoms with Crippen LogP contribution in [0.2, 0.25) is 0 Å². The Morgan fingerprint density at radius 3 is 1.89 bits per heavy atom. The lowest BCUT2D eigenvalue weighted by molar-refractivity contribution is -0.137. The van der Waals surface area contributed by atoms with E-state index in [0.717, 1.165) is 32.1 Å². The summed E-state index contributed by atoms with van der Waals surface area (Å²) in [7, 11) is 0. The number of hydrogen-bond acceptors (Lipinski definition) is 2.